The molecular weight excluding hydrogens is 1220 g/mol. The maximum Gasteiger partial charge on any atom is 0.347 e. The summed E-state index contributed by atoms with van der Waals surface area (Å²) in [6.45, 7) is 17.0. The van der Waals surface area contributed by atoms with Gasteiger partial charge in [-0.05, 0) is 151 Å². The predicted octanol–water partition coefficient (Wildman–Crippen LogP) is 14.7. The molecule has 7 aromatic carbocycles. The van der Waals surface area contributed by atoms with Crippen molar-refractivity contribution in [2.75, 3.05) is 74.3 Å². The zero-order valence-corrected chi connectivity index (χ0v) is 56.5. The lowest BCUT2D eigenvalue weighted by molar-refractivity contribution is -0.151. The number of hydrogen-bond acceptors (Lipinski definition) is 17. The lowest BCUT2D eigenvalue weighted by Gasteiger charge is -2.39. The minimum Gasteiger partial charge on any atom is -0.543 e. The molecule has 95 heavy (non-hydrogen) atoms. The van der Waals surface area contributed by atoms with Gasteiger partial charge in [-0.2, -0.15) is 0 Å². The van der Waals surface area contributed by atoms with Crippen LogP contribution in [0.3, 0.4) is 0 Å². The predicted molar refractivity (Wildman–Crippen MR) is 367 cm³/mol. The molecule has 10 aromatic rings. The number of ether oxygens (including phenoxy) is 8. The van der Waals surface area contributed by atoms with Crippen LogP contribution in [0, 0.1) is 5.82 Å². The van der Waals surface area contributed by atoms with E-state index in [0.29, 0.717) is 74.5 Å². The van der Waals surface area contributed by atoms with Crippen molar-refractivity contribution in [1.82, 2.24) is 29.7 Å². The highest BCUT2D eigenvalue weighted by atomic mass is 28.4. The van der Waals surface area contributed by atoms with Gasteiger partial charge in [0.25, 0.3) is 0 Å². The first-order valence-corrected chi connectivity index (χ1v) is 34.8. The van der Waals surface area contributed by atoms with Crippen LogP contribution in [0.4, 0.5) is 4.39 Å². The largest absolute Gasteiger partial charge is 0.543 e. The first-order chi connectivity index (χ1) is 45.9. The Labute approximate surface area is 555 Å². The summed E-state index contributed by atoms with van der Waals surface area (Å²) < 4.78 is 79.1. The molecule has 1 fully saturated rings. The molecule has 0 spiro atoms. The number of likely N-dealkylation sites (N-methyl/N-ethyl adjacent to an activating group) is 1. The molecule has 1 aliphatic heterocycles. The first kappa shape index (κ1) is 66.8. The SMILES string of the molecule is CCOC(=O)[C@@H](Cc1cc(O[Si](C)(C)C(C)(C)C)ccc1OCc1ccnc(-c2ccccc2OC)n1)Oc1ncnc2oc(-c3ccc(F)cc3)c(-c3ccc(O[C@H](COC(c4ccccc4)(c4ccc(OC)cc4)c4ccc(OC)cc4)CN4CCN(C)CC4)cc3)c12. The highest BCUT2D eigenvalue weighted by Gasteiger charge is 2.41. The van der Waals surface area contributed by atoms with E-state index in [9.17, 15) is 9.18 Å². The van der Waals surface area contributed by atoms with E-state index in [1.165, 1.54) is 18.5 Å². The van der Waals surface area contributed by atoms with Crippen LogP contribution in [0.15, 0.2) is 193 Å². The van der Waals surface area contributed by atoms with Gasteiger partial charge in [-0.25, -0.2) is 29.1 Å². The molecule has 17 nitrogen and oxygen atoms in total. The smallest absolute Gasteiger partial charge is 0.347 e. The summed E-state index contributed by atoms with van der Waals surface area (Å²) in [6.07, 6.45) is 1.19. The summed E-state index contributed by atoms with van der Waals surface area (Å²) in [7, 11) is 4.68. The van der Waals surface area contributed by atoms with Gasteiger partial charge in [0.05, 0.1) is 45.8 Å². The molecular formula is C76H81FN6O11Si. The molecule has 0 unspecified atom stereocenters. The number of halogens is 1. The Kier molecular flexibility index (Phi) is 20.9. The fraction of sp³-hybridized carbons (Fsp3) is 0.303. The molecule has 0 bridgehead atoms. The lowest BCUT2D eigenvalue weighted by atomic mass is 9.80. The number of esters is 1. The van der Waals surface area contributed by atoms with Crippen LogP contribution in [0.1, 0.15) is 55.6 Å². The van der Waals surface area contributed by atoms with Crippen LogP contribution < -0.4 is 32.8 Å². The van der Waals surface area contributed by atoms with Gasteiger partial charge < -0.3 is 51.6 Å². The summed E-state index contributed by atoms with van der Waals surface area (Å²) >= 11 is 0. The van der Waals surface area contributed by atoms with Gasteiger partial charge in [0.15, 0.2) is 5.82 Å². The molecule has 2 atom stereocenters. The number of fused-ring (bicyclic) bond motifs is 1. The summed E-state index contributed by atoms with van der Waals surface area (Å²) in [6, 6.07) is 54.8. The summed E-state index contributed by atoms with van der Waals surface area (Å²) in [5.41, 5.74) is 5.50. The molecule has 19 heteroatoms. The Morgan fingerprint density at radius 2 is 1.31 bits per heavy atom. The Morgan fingerprint density at radius 1 is 0.674 bits per heavy atom. The highest BCUT2D eigenvalue weighted by Crippen LogP contribution is 2.46. The third-order valence-electron chi connectivity index (χ3n) is 17.6. The summed E-state index contributed by atoms with van der Waals surface area (Å²) in [5.74, 6) is 3.55. The van der Waals surface area contributed by atoms with Gasteiger partial charge in [0, 0.05) is 62.0 Å². The number of benzene rings is 7. The molecule has 0 saturated carbocycles. The van der Waals surface area contributed by atoms with Crippen LogP contribution in [0.25, 0.3) is 44.9 Å². The second-order valence-electron chi connectivity index (χ2n) is 24.9. The van der Waals surface area contributed by atoms with Gasteiger partial charge in [-0.3, -0.25) is 4.90 Å². The molecule has 11 rings (SSSR count). The Bertz CT molecular complexity index is 4140. The number of aromatic nitrogens is 4. The monoisotopic (exact) mass is 1300 g/mol. The number of hydrogen-bond donors (Lipinski definition) is 0. The van der Waals surface area contributed by atoms with Gasteiger partial charge >= 0.3 is 5.97 Å². The zero-order valence-electron chi connectivity index (χ0n) is 55.5. The number of piperazine rings is 1. The van der Waals surface area contributed by atoms with E-state index in [1.54, 1.807) is 52.6 Å². The third-order valence-corrected chi connectivity index (χ3v) is 21.9. The van der Waals surface area contributed by atoms with Crippen LogP contribution in [0.5, 0.6) is 40.4 Å². The number of carbonyl (C=O) groups is 1. The second-order valence-corrected chi connectivity index (χ2v) is 29.6. The average Bonchev–Trinajstić information content (AvgIpc) is 1.75. The Balaban J connectivity index is 0.949. The van der Waals surface area contributed by atoms with E-state index < -0.39 is 37.9 Å². The fourth-order valence-corrected chi connectivity index (χ4v) is 12.4. The topological polar surface area (TPSA) is 171 Å². The maximum absolute atomic E-state index is 14.8. The molecule has 1 aliphatic rings. The summed E-state index contributed by atoms with van der Waals surface area (Å²) in [5, 5.41) is 0.244. The van der Waals surface area contributed by atoms with Gasteiger partial charge in [-0.1, -0.05) is 99.6 Å². The molecule has 0 N–H and O–H groups in total. The number of carbonyl (C=O) groups excluding carboxylic acids is 1. The normalized spacial score (nSPS) is 13.8. The fourth-order valence-electron chi connectivity index (χ4n) is 11.4. The molecule has 0 amide bonds. The van der Waals surface area contributed by atoms with Crippen molar-refractivity contribution in [2.24, 2.45) is 0 Å². The number of rotatable bonds is 27. The molecule has 492 valence electrons. The molecule has 0 radical (unpaired) electrons. The van der Waals surface area contributed by atoms with Crippen molar-refractivity contribution in [3.05, 3.63) is 222 Å². The van der Waals surface area contributed by atoms with Crippen molar-refractivity contribution < 1.29 is 55.9 Å². The van der Waals surface area contributed by atoms with Crippen LogP contribution in [-0.4, -0.2) is 131 Å². The number of methoxy groups -OCH3 is 3. The average molecular weight is 1300 g/mol. The van der Waals surface area contributed by atoms with Gasteiger partial charge in [0.2, 0.25) is 26.0 Å². The van der Waals surface area contributed by atoms with Gasteiger partial charge in [0.1, 0.15) is 76.1 Å². The first-order valence-electron chi connectivity index (χ1n) is 31.9. The van der Waals surface area contributed by atoms with Crippen molar-refractivity contribution in [3.63, 3.8) is 0 Å². The zero-order chi connectivity index (χ0) is 66.7. The summed E-state index contributed by atoms with van der Waals surface area (Å²) in [4.78, 5) is 38.0. The van der Waals surface area contributed by atoms with E-state index in [2.05, 4.69) is 72.8 Å². The highest BCUT2D eigenvalue weighted by molar-refractivity contribution is 6.74. The quantitative estimate of drug-likeness (QED) is 0.0270. The van der Waals surface area contributed by atoms with E-state index in [1.807, 2.05) is 133 Å². The second kappa shape index (κ2) is 29.7. The third kappa shape index (κ3) is 15.5. The molecule has 1 saturated heterocycles. The molecule has 3 aromatic heterocycles. The Hall–Kier alpha value is -9.66. The van der Waals surface area contributed by atoms with Crippen molar-refractivity contribution in [3.8, 4) is 74.2 Å². The van der Waals surface area contributed by atoms with Crippen molar-refractivity contribution in [2.45, 2.75) is 76.7 Å². The van der Waals surface area contributed by atoms with E-state index in [0.717, 1.165) is 59.9 Å². The van der Waals surface area contributed by atoms with E-state index in [-0.39, 0.29) is 42.9 Å². The van der Waals surface area contributed by atoms with E-state index >= 15 is 0 Å². The van der Waals surface area contributed by atoms with Crippen LogP contribution in [0.2, 0.25) is 18.1 Å². The van der Waals surface area contributed by atoms with Gasteiger partial charge in [-0.15, -0.1) is 0 Å². The maximum atomic E-state index is 14.8. The van der Waals surface area contributed by atoms with Crippen LogP contribution in [-0.2, 0) is 32.9 Å². The number of furan rings is 1. The lowest BCUT2D eigenvalue weighted by Crippen LogP contribution is -2.49. The Morgan fingerprint density at radius 3 is 1.96 bits per heavy atom. The standard InChI is InChI=1S/C76H81FN6O11Si/c1-11-88-74(84)67(46-53-45-62(94-95(9,10)75(2,3)4)37-38-65(53)89-48-58-39-40-78-71(81-58)64-19-15-16-20-66(64)87-8)92-72-69-68(70(93-73(69)80-50-79-72)52-21-29-57(77)30-22-52)51-23-31-61(32-24-51)91-63(47-83-43-41-82(5)42-44-83)49-90-76(54-17-13-12-14-18-54,55-25-33-59(85-6)34-26-55)56-27-35-60(86-7)36-28-56/h12-40,45,50,63,67H,11,41-44,46-49H2,1-10H3/t63-,67+/m0/s1. The number of para-hydroxylation sites is 1. The number of nitrogens with zero attached hydrogens (tertiary/aromatic N) is 6. The molecule has 4 heterocycles. The minimum absolute atomic E-state index is 0.0414. The minimum atomic E-state index is -2.37. The van der Waals surface area contributed by atoms with Crippen molar-refractivity contribution in [1.29, 1.82) is 0 Å². The van der Waals surface area contributed by atoms with Crippen molar-refractivity contribution >= 4 is 25.4 Å². The van der Waals surface area contributed by atoms with Crippen LogP contribution >= 0.6 is 0 Å². The molecule has 0 aliphatic carbocycles. The van der Waals surface area contributed by atoms with E-state index in [4.69, 9.17) is 56.7 Å².